The minimum absolute atomic E-state index is 0.0158. The summed E-state index contributed by atoms with van der Waals surface area (Å²) in [6.07, 6.45) is 4.19. The SMILES string of the molecule is O=C(NC1CCN(c2ccccc2C(=O)NCCN2CCCC2)CC1)c1ccc(Cl)cc1. The van der Waals surface area contributed by atoms with Crippen molar-refractivity contribution in [1.82, 2.24) is 15.5 Å². The molecular formula is C25H31ClN4O2. The molecule has 2 aliphatic heterocycles. The highest BCUT2D eigenvalue weighted by atomic mass is 35.5. The average molecular weight is 455 g/mol. The van der Waals surface area contributed by atoms with Gasteiger partial charge in [0.05, 0.1) is 5.56 Å². The van der Waals surface area contributed by atoms with Gasteiger partial charge in [0.15, 0.2) is 0 Å². The van der Waals surface area contributed by atoms with E-state index in [9.17, 15) is 9.59 Å². The van der Waals surface area contributed by atoms with Crippen LogP contribution in [0.2, 0.25) is 5.02 Å². The van der Waals surface area contributed by atoms with Crippen molar-refractivity contribution in [2.75, 3.05) is 44.2 Å². The molecule has 0 spiro atoms. The molecule has 6 nitrogen and oxygen atoms in total. The number of nitrogens with one attached hydrogen (secondary N) is 2. The van der Waals surface area contributed by atoms with Crippen molar-refractivity contribution in [2.45, 2.75) is 31.7 Å². The summed E-state index contributed by atoms with van der Waals surface area (Å²) in [6, 6.07) is 14.9. The second kappa shape index (κ2) is 10.8. The van der Waals surface area contributed by atoms with Gasteiger partial charge in [-0.15, -0.1) is 0 Å². The Balaban J connectivity index is 1.29. The number of hydrogen-bond donors (Lipinski definition) is 2. The van der Waals surface area contributed by atoms with E-state index in [1.807, 2.05) is 24.3 Å². The molecule has 4 rings (SSSR count). The van der Waals surface area contributed by atoms with Gasteiger partial charge in [0.1, 0.15) is 0 Å². The van der Waals surface area contributed by atoms with E-state index in [-0.39, 0.29) is 17.9 Å². The molecule has 2 amide bonds. The standard InChI is InChI=1S/C25H31ClN4O2/c26-20-9-7-19(8-10-20)24(31)28-21-11-16-30(17-12-21)23-6-2-1-5-22(23)25(32)27-13-18-29-14-3-4-15-29/h1-2,5-10,21H,3-4,11-18H2,(H,27,32)(H,28,31). The highest BCUT2D eigenvalue weighted by molar-refractivity contribution is 6.30. The van der Waals surface area contributed by atoms with Crippen molar-refractivity contribution in [3.63, 3.8) is 0 Å². The van der Waals surface area contributed by atoms with Crippen molar-refractivity contribution in [2.24, 2.45) is 0 Å². The molecule has 2 heterocycles. The summed E-state index contributed by atoms with van der Waals surface area (Å²) in [5.41, 5.74) is 2.30. The summed E-state index contributed by atoms with van der Waals surface area (Å²) in [6.45, 7) is 5.44. The maximum absolute atomic E-state index is 12.8. The number of para-hydroxylation sites is 1. The fourth-order valence-electron chi connectivity index (χ4n) is 4.51. The summed E-state index contributed by atoms with van der Waals surface area (Å²) < 4.78 is 0. The second-order valence-electron chi connectivity index (χ2n) is 8.56. The van der Waals surface area contributed by atoms with E-state index in [1.54, 1.807) is 24.3 Å². The molecule has 0 aromatic heterocycles. The van der Waals surface area contributed by atoms with E-state index in [2.05, 4.69) is 20.4 Å². The fourth-order valence-corrected chi connectivity index (χ4v) is 4.63. The lowest BCUT2D eigenvalue weighted by atomic mass is 10.0. The van der Waals surface area contributed by atoms with Gasteiger partial charge in [0, 0.05) is 48.5 Å². The first-order valence-corrected chi connectivity index (χ1v) is 11.9. The largest absolute Gasteiger partial charge is 0.371 e. The van der Waals surface area contributed by atoms with Crippen molar-refractivity contribution in [1.29, 1.82) is 0 Å². The predicted molar refractivity (Wildman–Crippen MR) is 129 cm³/mol. The number of hydrogen-bond acceptors (Lipinski definition) is 4. The number of amides is 2. The number of piperidine rings is 1. The van der Waals surface area contributed by atoms with Crippen LogP contribution in [0.25, 0.3) is 0 Å². The van der Waals surface area contributed by atoms with Crippen LogP contribution in [-0.4, -0.2) is 62.0 Å². The lowest BCUT2D eigenvalue weighted by Crippen LogP contribution is -2.45. The zero-order valence-corrected chi connectivity index (χ0v) is 19.1. The molecule has 2 aromatic carbocycles. The Morgan fingerprint density at radius 2 is 1.59 bits per heavy atom. The number of likely N-dealkylation sites (tertiary alicyclic amines) is 1. The molecule has 2 saturated heterocycles. The molecule has 0 aliphatic carbocycles. The Kier molecular flexibility index (Phi) is 7.66. The molecule has 0 saturated carbocycles. The summed E-state index contributed by atoms with van der Waals surface area (Å²) in [5.74, 6) is -0.0872. The number of rotatable bonds is 7. The zero-order chi connectivity index (χ0) is 22.3. The topological polar surface area (TPSA) is 64.7 Å². The van der Waals surface area contributed by atoms with E-state index < -0.39 is 0 Å². The average Bonchev–Trinajstić information content (AvgIpc) is 3.33. The zero-order valence-electron chi connectivity index (χ0n) is 18.4. The number of nitrogens with zero attached hydrogens (tertiary/aromatic N) is 2. The van der Waals surface area contributed by atoms with E-state index in [0.717, 1.165) is 56.8 Å². The number of anilines is 1. The summed E-state index contributed by atoms with van der Waals surface area (Å²) in [7, 11) is 0. The maximum Gasteiger partial charge on any atom is 0.253 e. The number of carbonyl (C=O) groups is 2. The van der Waals surface area contributed by atoms with Gasteiger partial charge in [-0.05, 0) is 75.2 Å². The van der Waals surface area contributed by atoms with Crippen molar-refractivity contribution in [3.05, 3.63) is 64.7 Å². The lowest BCUT2D eigenvalue weighted by Gasteiger charge is -2.35. The van der Waals surface area contributed by atoms with Crippen LogP contribution in [0.4, 0.5) is 5.69 Å². The van der Waals surface area contributed by atoms with Crippen molar-refractivity contribution in [3.8, 4) is 0 Å². The van der Waals surface area contributed by atoms with Gasteiger partial charge in [-0.1, -0.05) is 23.7 Å². The summed E-state index contributed by atoms with van der Waals surface area (Å²) >= 11 is 5.91. The third-order valence-corrected chi connectivity index (χ3v) is 6.59. The third kappa shape index (κ3) is 5.81. The molecule has 2 aromatic rings. The van der Waals surface area contributed by atoms with Crippen molar-refractivity contribution < 1.29 is 9.59 Å². The molecule has 7 heteroatoms. The molecule has 0 atom stereocenters. The van der Waals surface area contributed by atoms with Crippen LogP contribution < -0.4 is 15.5 Å². The van der Waals surface area contributed by atoms with E-state index in [0.29, 0.717) is 17.1 Å². The smallest absolute Gasteiger partial charge is 0.253 e. The van der Waals surface area contributed by atoms with Crippen LogP contribution in [-0.2, 0) is 0 Å². The van der Waals surface area contributed by atoms with Crippen LogP contribution in [0.3, 0.4) is 0 Å². The van der Waals surface area contributed by atoms with Crippen LogP contribution >= 0.6 is 11.6 Å². The van der Waals surface area contributed by atoms with Crippen LogP contribution in [0.1, 0.15) is 46.4 Å². The van der Waals surface area contributed by atoms with Crippen molar-refractivity contribution >= 4 is 29.1 Å². The first-order valence-electron chi connectivity index (χ1n) is 11.5. The van der Waals surface area contributed by atoms with Crippen LogP contribution in [0.15, 0.2) is 48.5 Å². The Labute approximate surface area is 194 Å². The Morgan fingerprint density at radius 1 is 0.906 bits per heavy atom. The van der Waals surface area contributed by atoms with Gasteiger partial charge in [0.25, 0.3) is 11.8 Å². The molecule has 0 radical (unpaired) electrons. The predicted octanol–water partition coefficient (Wildman–Crippen LogP) is 3.56. The first-order chi connectivity index (χ1) is 15.6. The van der Waals surface area contributed by atoms with Gasteiger partial charge >= 0.3 is 0 Å². The summed E-state index contributed by atoms with van der Waals surface area (Å²) in [5, 5.41) is 6.83. The molecule has 32 heavy (non-hydrogen) atoms. The Hall–Kier alpha value is -2.57. The quantitative estimate of drug-likeness (QED) is 0.671. The van der Waals surface area contributed by atoms with Crippen LogP contribution in [0.5, 0.6) is 0 Å². The highest BCUT2D eigenvalue weighted by Gasteiger charge is 2.24. The van der Waals surface area contributed by atoms with E-state index in [4.69, 9.17) is 11.6 Å². The van der Waals surface area contributed by atoms with E-state index >= 15 is 0 Å². The summed E-state index contributed by atoms with van der Waals surface area (Å²) in [4.78, 5) is 30.0. The van der Waals surface area contributed by atoms with E-state index in [1.165, 1.54) is 12.8 Å². The highest BCUT2D eigenvalue weighted by Crippen LogP contribution is 2.24. The van der Waals surface area contributed by atoms with Gasteiger partial charge in [0.2, 0.25) is 0 Å². The number of benzene rings is 2. The molecule has 2 N–H and O–H groups in total. The second-order valence-corrected chi connectivity index (χ2v) is 9.00. The lowest BCUT2D eigenvalue weighted by molar-refractivity contribution is 0.0929. The monoisotopic (exact) mass is 454 g/mol. The first kappa shape index (κ1) is 22.6. The molecule has 2 aliphatic rings. The minimum Gasteiger partial charge on any atom is -0.371 e. The molecular weight excluding hydrogens is 424 g/mol. The molecule has 0 unspecified atom stereocenters. The van der Waals surface area contributed by atoms with Gasteiger partial charge < -0.3 is 20.4 Å². The minimum atomic E-state index is -0.0714. The molecule has 170 valence electrons. The third-order valence-electron chi connectivity index (χ3n) is 6.34. The van der Waals surface area contributed by atoms with Gasteiger partial charge in [-0.25, -0.2) is 0 Å². The molecule has 2 fully saturated rings. The Morgan fingerprint density at radius 3 is 2.31 bits per heavy atom. The van der Waals surface area contributed by atoms with Gasteiger partial charge in [-0.3, -0.25) is 9.59 Å². The number of halogens is 1. The normalized spacial score (nSPS) is 17.3. The number of carbonyl (C=O) groups excluding carboxylic acids is 2. The molecule has 0 bridgehead atoms. The van der Waals surface area contributed by atoms with Crippen LogP contribution in [0, 0.1) is 0 Å². The maximum atomic E-state index is 12.8. The Bertz CT molecular complexity index is 920. The fraction of sp³-hybridized carbons (Fsp3) is 0.440. The van der Waals surface area contributed by atoms with Gasteiger partial charge in [-0.2, -0.15) is 0 Å².